The molecule has 6 heteroatoms. The van der Waals surface area contributed by atoms with Crippen LogP contribution in [0, 0.1) is 0 Å². The van der Waals surface area contributed by atoms with Crippen LogP contribution in [-0.2, 0) is 0 Å². The molecule has 1 aliphatic heterocycles. The quantitative estimate of drug-likeness (QED) is 0.870. The van der Waals surface area contributed by atoms with Crippen molar-refractivity contribution in [3.8, 4) is 5.88 Å². The number of hydrogen-bond donors (Lipinski definition) is 1. The highest BCUT2D eigenvalue weighted by molar-refractivity contribution is 5.74. The smallest absolute Gasteiger partial charge is 0.317 e. The van der Waals surface area contributed by atoms with Crippen molar-refractivity contribution in [2.75, 3.05) is 13.1 Å². The maximum atomic E-state index is 12.5. The Hall–Kier alpha value is -1.85. The topological polar surface area (TPSA) is 67.4 Å². The van der Waals surface area contributed by atoms with Gasteiger partial charge in [-0.3, -0.25) is 0 Å². The number of carbonyl (C=O) groups excluding carboxylic acids is 1. The fourth-order valence-corrected chi connectivity index (χ4v) is 3.43. The summed E-state index contributed by atoms with van der Waals surface area (Å²) in [5.74, 6) is 0.580. The van der Waals surface area contributed by atoms with Gasteiger partial charge in [0.1, 0.15) is 12.4 Å². The van der Waals surface area contributed by atoms with Gasteiger partial charge >= 0.3 is 6.03 Å². The minimum Gasteiger partial charge on any atom is -0.472 e. The van der Waals surface area contributed by atoms with Crippen LogP contribution in [-0.4, -0.2) is 46.1 Å². The number of urea groups is 1. The number of amides is 2. The number of nitrogens with one attached hydrogen (secondary N) is 1. The highest BCUT2D eigenvalue weighted by Crippen LogP contribution is 2.19. The van der Waals surface area contributed by atoms with Gasteiger partial charge < -0.3 is 15.0 Å². The summed E-state index contributed by atoms with van der Waals surface area (Å²) in [6, 6.07) is 2.16. The van der Waals surface area contributed by atoms with E-state index in [-0.39, 0.29) is 12.1 Å². The Bertz CT molecular complexity index is 489. The minimum absolute atomic E-state index is 0.0125. The standard InChI is InChI=1S/C17H26N4O2/c22-17(20-14-6-3-1-2-4-7-14)21-11-5-8-15(12-21)23-16-9-10-18-13-19-16/h9-10,13-15H,1-8,11-12H2,(H,20,22). The largest absolute Gasteiger partial charge is 0.472 e. The first kappa shape index (κ1) is 16.0. The highest BCUT2D eigenvalue weighted by atomic mass is 16.5. The van der Waals surface area contributed by atoms with Gasteiger partial charge in [-0.1, -0.05) is 25.7 Å². The van der Waals surface area contributed by atoms with Crippen molar-refractivity contribution in [3.05, 3.63) is 18.6 Å². The van der Waals surface area contributed by atoms with Crippen molar-refractivity contribution in [2.45, 2.75) is 63.5 Å². The van der Waals surface area contributed by atoms with Crippen molar-refractivity contribution in [3.63, 3.8) is 0 Å². The Morgan fingerprint density at radius 1 is 1.17 bits per heavy atom. The predicted molar refractivity (Wildman–Crippen MR) is 87.3 cm³/mol. The molecule has 1 unspecified atom stereocenters. The van der Waals surface area contributed by atoms with Crippen LogP contribution in [0.1, 0.15) is 51.4 Å². The first-order valence-electron chi connectivity index (χ1n) is 8.79. The van der Waals surface area contributed by atoms with Crippen molar-refractivity contribution >= 4 is 6.03 Å². The average Bonchev–Trinajstić information content (AvgIpc) is 2.85. The molecule has 0 radical (unpaired) electrons. The lowest BCUT2D eigenvalue weighted by molar-refractivity contribution is 0.0963. The summed E-state index contributed by atoms with van der Waals surface area (Å²) >= 11 is 0. The summed E-state index contributed by atoms with van der Waals surface area (Å²) < 4.78 is 5.87. The van der Waals surface area contributed by atoms with Crippen LogP contribution in [0.25, 0.3) is 0 Å². The zero-order chi connectivity index (χ0) is 15.9. The van der Waals surface area contributed by atoms with Gasteiger partial charge in [-0.15, -0.1) is 0 Å². The number of piperidine rings is 1. The van der Waals surface area contributed by atoms with E-state index in [0.717, 1.165) is 32.2 Å². The molecule has 6 nitrogen and oxygen atoms in total. The lowest BCUT2D eigenvalue weighted by Crippen LogP contribution is -2.50. The SMILES string of the molecule is O=C(NC1CCCCCC1)N1CCCC(Oc2ccncn2)C1. The third kappa shape index (κ3) is 4.81. The Labute approximate surface area is 137 Å². The van der Waals surface area contributed by atoms with Gasteiger partial charge in [0.05, 0.1) is 6.54 Å². The van der Waals surface area contributed by atoms with Gasteiger partial charge in [-0.2, -0.15) is 0 Å². The van der Waals surface area contributed by atoms with E-state index in [9.17, 15) is 4.79 Å². The summed E-state index contributed by atoms with van der Waals surface area (Å²) in [4.78, 5) is 22.4. The van der Waals surface area contributed by atoms with E-state index in [4.69, 9.17) is 4.74 Å². The molecule has 1 saturated heterocycles. The molecule has 1 aliphatic carbocycles. The van der Waals surface area contributed by atoms with E-state index in [2.05, 4.69) is 15.3 Å². The molecule has 1 N–H and O–H groups in total. The first-order valence-corrected chi connectivity index (χ1v) is 8.79. The zero-order valence-electron chi connectivity index (χ0n) is 13.6. The monoisotopic (exact) mass is 318 g/mol. The van der Waals surface area contributed by atoms with Crippen LogP contribution in [0.5, 0.6) is 5.88 Å². The van der Waals surface area contributed by atoms with E-state index >= 15 is 0 Å². The molecule has 0 spiro atoms. The third-order valence-corrected chi connectivity index (χ3v) is 4.69. The van der Waals surface area contributed by atoms with Crippen LogP contribution in [0.3, 0.4) is 0 Å². The lowest BCUT2D eigenvalue weighted by atomic mass is 10.1. The molecule has 1 atom stereocenters. The Morgan fingerprint density at radius 3 is 2.74 bits per heavy atom. The fraction of sp³-hybridized carbons (Fsp3) is 0.706. The van der Waals surface area contributed by atoms with E-state index in [1.165, 1.54) is 32.0 Å². The number of nitrogens with zero attached hydrogens (tertiary/aromatic N) is 3. The number of rotatable bonds is 3. The van der Waals surface area contributed by atoms with Gasteiger partial charge in [-0.05, 0) is 25.7 Å². The van der Waals surface area contributed by atoms with Crippen LogP contribution in [0.4, 0.5) is 4.79 Å². The molecule has 23 heavy (non-hydrogen) atoms. The van der Waals surface area contributed by atoms with Crippen LogP contribution in [0.15, 0.2) is 18.6 Å². The second kappa shape index (κ2) is 8.13. The maximum absolute atomic E-state index is 12.5. The number of carbonyl (C=O) groups is 1. The third-order valence-electron chi connectivity index (χ3n) is 4.69. The Kier molecular flexibility index (Phi) is 5.66. The van der Waals surface area contributed by atoms with Crippen LogP contribution >= 0.6 is 0 Å². The molecular formula is C17H26N4O2. The number of aromatic nitrogens is 2. The molecule has 2 aliphatic rings. The summed E-state index contributed by atoms with van der Waals surface area (Å²) in [6.07, 6.45) is 12.4. The van der Waals surface area contributed by atoms with Crippen molar-refractivity contribution in [1.82, 2.24) is 20.2 Å². The molecule has 2 heterocycles. The average molecular weight is 318 g/mol. The Morgan fingerprint density at radius 2 is 2.00 bits per heavy atom. The first-order chi connectivity index (χ1) is 11.3. The Balaban J connectivity index is 1.50. The summed E-state index contributed by atoms with van der Waals surface area (Å²) in [5, 5.41) is 3.22. The molecule has 1 aromatic heterocycles. The molecule has 2 amide bonds. The highest BCUT2D eigenvalue weighted by Gasteiger charge is 2.26. The van der Waals surface area contributed by atoms with E-state index in [0.29, 0.717) is 18.5 Å². The van der Waals surface area contributed by atoms with Gasteiger partial charge in [0, 0.05) is 24.8 Å². The maximum Gasteiger partial charge on any atom is 0.317 e. The summed E-state index contributed by atoms with van der Waals surface area (Å²) in [6.45, 7) is 1.44. The van der Waals surface area contributed by atoms with Gasteiger partial charge in [0.15, 0.2) is 0 Å². The normalized spacial score (nSPS) is 23.1. The number of likely N-dealkylation sites (tertiary alicyclic amines) is 1. The van der Waals surface area contributed by atoms with Gasteiger partial charge in [-0.25, -0.2) is 14.8 Å². The van der Waals surface area contributed by atoms with Crippen LogP contribution < -0.4 is 10.1 Å². The zero-order valence-corrected chi connectivity index (χ0v) is 13.6. The number of ether oxygens (including phenoxy) is 1. The fourth-order valence-electron chi connectivity index (χ4n) is 3.43. The molecular weight excluding hydrogens is 292 g/mol. The van der Waals surface area contributed by atoms with Gasteiger partial charge in [0.2, 0.25) is 5.88 Å². The van der Waals surface area contributed by atoms with Crippen molar-refractivity contribution in [2.24, 2.45) is 0 Å². The van der Waals surface area contributed by atoms with Crippen molar-refractivity contribution in [1.29, 1.82) is 0 Å². The number of hydrogen-bond acceptors (Lipinski definition) is 4. The molecule has 1 saturated carbocycles. The predicted octanol–water partition coefficient (Wildman–Crippen LogP) is 2.75. The second-order valence-corrected chi connectivity index (χ2v) is 6.51. The minimum atomic E-state index is 0.0125. The summed E-state index contributed by atoms with van der Waals surface area (Å²) in [5.41, 5.74) is 0. The molecule has 0 aromatic carbocycles. The van der Waals surface area contributed by atoms with Crippen molar-refractivity contribution < 1.29 is 9.53 Å². The molecule has 3 rings (SSSR count). The molecule has 126 valence electrons. The molecule has 0 bridgehead atoms. The second-order valence-electron chi connectivity index (χ2n) is 6.51. The molecule has 2 fully saturated rings. The molecule has 1 aromatic rings. The van der Waals surface area contributed by atoms with Crippen LogP contribution in [0.2, 0.25) is 0 Å². The van der Waals surface area contributed by atoms with E-state index in [1.807, 2.05) is 4.90 Å². The lowest BCUT2D eigenvalue weighted by Gasteiger charge is -2.33. The van der Waals surface area contributed by atoms with E-state index < -0.39 is 0 Å². The van der Waals surface area contributed by atoms with Gasteiger partial charge in [0.25, 0.3) is 0 Å². The summed E-state index contributed by atoms with van der Waals surface area (Å²) in [7, 11) is 0. The van der Waals surface area contributed by atoms with E-state index in [1.54, 1.807) is 12.3 Å².